The summed E-state index contributed by atoms with van der Waals surface area (Å²) in [6.07, 6.45) is 0.453. The second kappa shape index (κ2) is 9.11. The van der Waals surface area contributed by atoms with Crippen LogP contribution in [-0.2, 0) is 26.0 Å². The van der Waals surface area contributed by atoms with E-state index >= 15 is 0 Å². The van der Waals surface area contributed by atoms with Crippen LogP contribution in [0.1, 0.15) is 12.0 Å². The lowest BCUT2D eigenvalue weighted by Gasteiger charge is -2.08. The zero-order chi connectivity index (χ0) is 20.9. The zero-order valence-electron chi connectivity index (χ0n) is 16.4. The number of amides is 1. The lowest BCUT2D eigenvalue weighted by atomic mass is 10.0. The monoisotopic (exact) mass is 416 g/mol. The number of hydrogen-bond donors (Lipinski definition) is 2. The third kappa shape index (κ3) is 5.16. The Balaban J connectivity index is 1.83. The number of aryl methyl sites for hydroxylation is 1. The summed E-state index contributed by atoms with van der Waals surface area (Å²) in [6, 6.07) is 15.5. The standard InChI is InChI=1S/C21H24N2O5S/c1-27-13-14-29(25,26)23-20(24)12-11-18-17-5-3-4-6-19(17)22-21(18)15-7-9-16(28-2)10-8-15/h3-10,22H,11-14H2,1-2H3,(H,23,24). The van der Waals surface area contributed by atoms with Gasteiger partial charge in [-0.15, -0.1) is 0 Å². The number of methoxy groups -OCH3 is 2. The molecule has 3 aromatic rings. The molecule has 0 saturated heterocycles. The summed E-state index contributed by atoms with van der Waals surface area (Å²) in [6.45, 7) is 0.0344. The Kier molecular flexibility index (Phi) is 6.56. The van der Waals surface area contributed by atoms with Crippen LogP contribution in [-0.4, -0.2) is 45.9 Å². The van der Waals surface area contributed by atoms with Crippen molar-refractivity contribution in [2.24, 2.45) is 0 Å². The van der Waals surface area contributed by atoms with Crippen LogP contribution in [0.4, 0.5) is 0 Å². The van der Waals surface area contributed by atoms with Crippen LogP contribution < -0.4 is 9.46 Å². The number of para-hydroxylation sites is 1. The van der Waals surface area contributed by atoms with E-state index in [1.807, 2.05) is 48.5 Å². The number of ether oxygens (including phenoxy) is 2. The molecule has 7 nitrogen and oxygen atoms in total. The van der Waals surface area contributed by atoms with Crippen LogP contribution in [0.3, 0.4) is 0 Å². The van der Waals surface area contributed by atoms with Crippen LogP contribution in [0.25, 0.3) is 22.2 Å². The predicted molar refractivity (Wildman–Crippen MR) is 112 cm³/mol. The molecule has 8 heteroatoms. The van der Waals surface area contributed by atoms with Gasteiger partial charge < -0.3 is 14.5 Å². The van der Waals surface area contributed by atoms with Crippen LogP contribution in [0, 0.1) is 0 Å². The number of benzene rings is 2. The maximum atomic E-state index is 12.2. The van der Waals surface area contributed by atoms with Crippen molar-refractivity contribution in [3.05, 3.63) is 54.1 Å². The van der Waals surface area contributed by atoms with Gasteiger partial charge in [0.25, 0.3) is 0 Å². The molecular formula is C21H24N2O5S. The molecule has 0 aliphatic carbocycles. The molecule has 0 saturated carbocycles. The van der Waals surface area contributed by atoms with Gasteiger partial charge in [-0.05, 0) is 47.9 Å². The molecule has 0 atom stereocenters. The van der Waals surface area contributed by atoms with Gasteiger partial charge >= 0.3 is 0 Å². The fraction of sp³-hybridized carbons (Fsp3) is 0.286. The highest BCUT2D eigenvalue weighted by Gasteiger charge is 2.17. The van der Waals surface area contributed by atoms with Crippen molar-refractivity contribution in [3.63, 3.8) is 0 Å². The quantitative estimate of drug-likeness (QED) is 0.559. The molecule has 0 radical (unpaired) electrons. The molecule has 2 N–H and O–H groups in total. The van der Waals surface area contributed by atoms with Gasteiger partial charge in [-0.3, -0.25) is 9.52 Å². The number of carbonyl (C=O) groups excluding carboxylic acids is 1. The third-order valence-corrected chi connectivity index (χ3v) is 5.86. The van der Waals surface area contributed by atoms with E-state index in [2.05, 4.69) is 9.71 Å². The lowest BCUT2D eigenvalue weighted by molar-refractivity contribution is -0.119. The topological polar surface area (TPSA) is 97.5 Å². The van der Waals surface area contributed by atoms with Crippen LogP contribution in [0.2, 0.25) is 0 Å². The Morgan fingerprint density at radius 2 is 1.79 bits per heavy atom. The molecule has 0 fully saturated rings. The van der Waals surface area contributed by atoms with Gasteiger partial charge in [-0.25, -0.2) is 8.42 Å². The molecule has 1 amide bonds. The van der Waals surface area contributed by atoms with Crippen LogP contribution in [0.15, 0.2) is 48.5 Å². The molecule has 1 heterocycles. The predicted octanol–water partition coefficient (Wildman–Crippen LogP) is 2.87. The van der Waals surface area contributed by atoms with Crippen LogP contribution in [0.5, 0.6) is 5.75 Å². The van der Waals surface area contributed by atoms with E-state index < -0.39 is 15.9 Å². The first kappa shape index (κ1) is 20.9. The summed E-state index contributed by atoms with van der Waals surface area (Å²) in [4.78, 5) is 15.6. The van der Waals surface area contributed by atoms with Crippen molar-refractivity contribution in [2.45, 2.75) is 12.8 Å². The van der Waals surface area contributed by atoms with E-state index in [0.29, 0.717) is 6.42 Å². The van der Waals surface area contributed by atoms with Crippen molar-refractivity contribution in [1.82, 2.24) is 9.71 Å². The fourth-order valence-electron chi connectivity index (χ4n) is 3.17. The maximum Gasteiger partial charge on any atom is 0.237 e. The van der Waals surface area contributed by atoms with Gasteiger partial charge in [0, 0.05) is 30.1 Å². The summed E-state index contributed by atoms with van der Waals surface area (Å²) in [5.74, 6) is -0.0292. The third-order valence-electron chi connectivity index (χ3n) is 4.62. The average Bonchev–Trinajstić information content (AvgIpc) is 3.09. The first-order valence-electron chi connectivity index (χ1n) is 9.20. The van der Waals surface area contributed by atoms with E-state index in [0.717, 1.165) is 33.5 Å². The van der Waals surface area contributed by atoms with Crippen molar-refractivity contribution in [1.29, 1.82) is 0 Å². The number of H-pyrrole nitrogens is 1. The Labute approximate surface area is 170 Å². The minimum atomic E-state index is -3.69. The summed E-state index contributed by atoms with van der Waals surface area (Å²) < 4.78 is 35.9. The summed E-state index contributed by atoms with van der Waals surface area (Å²) in [5.41, 5.74) is 3.80. The molecule has 3 rings (SSSR count). The number of hydrogen-bond acceptors (Lipinski definition) is 5. The number of nitrogens with one attached hydrogen (secondary N) is 2. The van der Waals surface area contributed by atoms with Crippen molar-refractivity contribution < 1.29 is 22.7 Å². The SMILES string of the molecule is COCCS(=O)(=O)NC(=O)CCc1c(-c2ccc(OC)cc2)[nH]c2ccccc12. The molecule has 0 aliphatic heterocycles. The first-order valence-corrected chi connectivity index (χ1v) is 10.8. The molecule has 0 bridgehead atoms. The van der Waals surface area contributed by atoms with Gasteiger partial charge in [-0.1, -0.05) is 18.2 Å². The van der Waals surface area contributed by atoms with Crippen molar-refractivity contribution in [2.75, 3.05) is 26.6 Å². The van der Waals surface area contributed by atoms with Gasteiger partial charge in [0.1, 0.15) is 5.75 Å². The number of rotatable bonds is 9. The van der Waals surface area contributed by atoms with Gasteiger partial charge in [0.05, 0.1) is 19.5 Å². The molecule has 2 aromatic carbocycles. The second-order valence-electron chi connectivity index (χ2n) is 6.59. The maximum absolute atomic E-state index is 12.2. The Bertz CT molecular complexity index is 1090. The second-order valence-corrected chi connectivity index (χ2v) is 8.43. The van der Waals surface area contributed by atoms with Gasteiger partial charge in [0.2, 0.25) is 15.9 Å². The van der Waals surface area contributed by atoms with Gasteiger partial charge in [-0.2, -0.15) is 0 Å². The van der Waals surface area contributed by atoms with Crippen LogP contribution >= 0.6 is 0 Å². The minimum Gasteiger partial charge on any atom is -0.497 e. The molecule has 154 valence electrons. The van der Waals surface area contributed by atoms with E-state index in [9.17, 15) is 13.2 Å². The van der Waals surface area contributed by atoms with Crippen molar-refractivity contribution >= 4 is 26.8 Å². The molecule has 0 aliphatic rings. The summed E-state index contributed by atoms with van der Waals surface area (Å²) >= 11 is 0. The van der Waals surface area contributed by atoms with E-state index in [1.54, 1.807) is 7.11 Å². The molecule has 1 aromatic heterocycles. The average molecular weight is 416 g/mol. The van der Waals surface area contributed by atoms with E-state index in [4.69, 9.17) is 9.47 Å². The molecule has 0 spiro atoms. The zero-order valence-corrected chi connectivity index (χ0v) is 17.2. The van der Waals surface area contributed by atoms with E-state index in [-0.39, 0.29) is 18.8 Å². The number of carbonyl (C=O) groups is 1. The highest BCUT2D eigenvalue weighted by molar-refractivity contribution is 7.90. The molecular weight excluding hydrogens is 392 g/mol. The summed E-state index contributed by atoms with van der Waals surface area (Å²) in [7, 11) is -0.667. The molecule has 29 heavy (non-hydrogen) atoms. The largest absolute Gasteiger partial charge is 0.497 e. The van der Waals surface area contributed by atoms with Gasteiger partial charge in [0.15, 0.2) is 0 Å². The number of aromatic amines is 1. The number of fused-ring (bicyclic) bond motifs is 1. The fourth-order valence-corrected chi connectivity index (χ4v) is 4.11. The Morgan fingerprint density at radius 1 is 1.07 bits per heavy atom. The first-order chi connectivity index (χ1) is 13.9. The lowest BCUT2D eigenvalue weighted by Crippen LogP contribution is -2.33. The highest BCUT2D eigenvalue weighted by Crippen LogP contribution is 2.32. The normalized spacial score (nSPS) is 11.5. The minimum absolute atomic E-state index is 0.0344. The Hall–Kier alpha value is -2.84. The smallest absolute Gasteiger partial charge is 0.237 e. The molecule has 0 unspecified atom stereocenters. The highest BCUT2D eigenvalue weighted by atomic mass is 32.2. The number of sulfonamides is 1. The Morgan fingerprint density at radius 3 is 2.48 bits per heavy atom. The van der Waals surface area contributed by atoms with E-state index in [1.165, 1.54) is 7.11 Å². The summed E-state index contributed by atoms with van der Waals surface area (Å²) in [5, 5.41) is 1.01. The van der Waals surface area contributed by atoms with Crippen molar-refractivity contribution in [3.8, 4) is 17.0 Å². The number of aromatic nitrogens is 1.